The first kappa shape index (κ1) is 10.5. The molecule has 0 aromatic carbocycles. The molecule has 2 atom stereocenters. The number of nitriles is 1. The van der Waals surface area contributed by atoms with Crippen LogP contribution < -0.4 is 5.32 Å². The second-order valence-corrected chi connectivity index (χ2v) is 3.99. The minimum absolute atomic E-state index is 0.589. The van der Waals surface area contributed by atoms with Crippen molar-refractivity contribution in [2.45, 2.75) is 38.8 Å². The topological polar surface area (TPSA) is 39.1 Å². The molecule has 2 unspecified atom stereocenters. The quantitative estimate of drug-likeness (QED) is 0.659. The third-order valence-electron chi connectivity index (χ3n) is 2.40. The molecular weight excluding hydrogens is 162 g/mol. The molecule has 1 N–H and O–H groups in total. The SMILES string of the molecule is CC1CN(CCCC#N)CC(C)N1. The Morgan fingerprint density at radius 1 is 1.38 bits per heavy atom. The molecule has 0 amide bonds. The zero-order valence-electron chi connectivity index (χ0n) is 8.58. The summed E-state index contributed by atoms with van der Waals surface area (Å²) < 4.78 is 0. The van der Waals surface area contributed by atoms with Crippen LogP contribution in [0.2, 0.25) is 0 Å². The van der Waals surface area contributed by atoms with E-state index < -0.39 is 0 Å². The Balaban J connectivity index is 2.22. The number of unbranched alkanes of at least 4 members (excludes halogenated alkanes) is 1. The first-order valence-electron chi connectivity index (χ1n) is 5.07. The largest absolute Gasteiger partial charge is 0.309 e. The van der Waals surface area contributed by atoms with Crippen LogP contribution in [0.25, 0.3) is 0 Å². The Hall–Kier alpha value is -0.590. The van der Waals surface area contributed by atoms with Crippen molar-refractivity contribution >= 4 is 0 Å². The third kappa shape index (κ3) is 3.75. The van der Waals surface area contributed by atoms with Crippen LogP contribution >= 0.6 is 0 Å². The summed E-state index contributed by atoms with van der Waals surface area (Å²) in [6.07, 6.45) is 1.70. The molecule has 0 aromatic rings. The predicted octanol–water partition coefficient (Wildman–Crippen LogP) is 0.972. The first-order valence-corrected chi connectivity index (χ1v) is 5.07. The highest BCUT2D eigenvalue weighted by Crippen LogP contribution is 2.05. The van der Waals surface area contributed by atoms with E-state index in [0.717, 1.165) is 26.1 Å². The maximum absolute atomic E-state index is 8.42. The van der Waals surface area contributed by atoms with Gasteiger partial charge in [0.1, 0.15) is 0 Å². The van der Waals surface area contributed by atoms with Crippen LogP contribution in [0.5, 0.6) is 0 Å². The van der Waals surface area contributed by atoms with Crippen molar-refractivity contribution < 1.29 is 0 Å². The van der Waals surface area contributed by atoms with Crippen molar-refractivity contribution in [2.24, 2.45) is 0 Å². The Morgan fingerprint density at radius 3 is 2.54 bits per heavy atom. The molecule has 0 spiro atoms. The van der Waals surface area contributed by atoms with E-state index >= 15 is 0 Å². The van der Waals surface area contributed by atoms with Crippen LogP contribution in [0.4, 0.5) is 0 Å². The fourth-order valence-corrected chi connectivity index (χ4v) is 2.00. The number of nitrogens with zero attached hydrogens (tertiary/aromatic N) is 2. The Kier molecular flexibility index (Phi) is 4.20. The summed E-state index contributed by atoms with van der Waals surface area (Å²) in [4.78, 5) is 2.45. The van der Waals surface area contributed by atoms with Gasteiger partial charge in [0.25, 0.3) is 0 Å². The molecule has 0 radical (unpaired) electrons. The lowest BCUT2D eigenvalue weighted by Crippen LogP contribution is -2.54. The number of hydrogen-bond donors (Lipinski definition) is 1. The summed E-state index contributed by atoms with van der Waals surface area (Å²) in [5, 5.41) is 11.9. The van der Waals surface area contributed by atoms with Gasteiger partial charge >= 0.3 is 0 Å². The van der Waals surface area contributed by atoms with Gasteiger partial charge in [-0.25, -0.2) is 0 Å². The van der Waals surface area contributed by atoms with E-state index in [-0.39, 0.29) is 0 Å². The van der Waals surface area contributed by atoms with Crippen molar-refractivity contribution in [3.05, 3.63) is 0 Å². The Morgan fingerprint density at radius 2 is 2.00 bits per heavy atom. The normalized spacial score (nSPS) is 29.9. The summed E-state index contributed by atoms with van der Waals surface area (Å²) in [5.74, 6) is 0. The molecule has 0 bridgehead atoms. The molecular formula is C10H19N3. The van der Waals surface area contributed by atoms with Crippen LogP contribution in [0.15, 0.2) is 0 Å². The van der Waals surface area contributed by atoms with Crippen molar-refractivity contribution in [3.8, 4) is 6.07 Å². The predicted molar refractivity (Wildman–Crippen MR) is 53.3 cm³/mol. The fourth-order valence-electron chi connectivity index (χ4n) is 2.00. The van der Waals surface area contributed by atoms with Gasteiger partial charge in [-0.05, 0) is 26.8 Å². The number of nitrogens with one attached hydrogen (secondary N) is 1. The van der Waals surface area contributed by atoms with Gasteiger partial charge < -0.3 is 10.2 Å². The highest BCUT2D eigenvalue weighted by Gasteiger charge is 2.19. The van der Waals surface area contributed by atoms with Gasteiger partial charge in [0.15, 0.2) is 0 Å². The van der Waals surface area contributed by atoms with Gasteiger partial charge in [-0.3, -0.25) is 0 Å². The lowest BCUT2D eigenvalue weighted by atomic mass is 10.1. The molecule has 13 heavy (non-hydrogen) atoms. The smallest absolute Gasteiger partial charge is 0.0622 e. The minimum Gasteiger partial charge on any atom is -0.309 e. The summed E-state index contributed by atoms with van der Waals surface area (Å²) in [7, 11) is 0. The van der Waals surface area contributed by atoms with Crippen molar-refractivity contribution in [1.29, 1.82) is 5.26 Å². The molecule has 1 heterocycles. The van der Waals surface area contributed by atoms with Crippen LogP contribution in [-0.2, 0) is 0 Å². The molecule has 0 aromatic heterocycles. The van der Waals surface area contributed by atoms with Gasteiger partial charge in [0, 0.05) is 31.6 Å². The first-order chi connectivity index (χ1) is 6.22. The van der Waals surface area contributed by atoms with E-state index in [1.807, 2.05) is 0 Å². The number of piperazine rings is 1. The van der Waals surface area contributed by atoms with E-state index in [0.29, 0.717) is 18.5 Å². The summed E-state index contributed by atoms with van der Waals surface area (Å²) >= 11 is 0. The molecule has 0 aliphatic carbocycles. The van der Waals surface area contributed by atoms with Gasteiger partial charge in [-0.15, -0.1) is 0 Å². The van der Waals surface area contributed by atoms with Gasteiger partial charge in [0.2, 0.25) is 0 Å². The molecule has 1 fully saturated rings. The molecule has 1 aliphatic rings. The van der Waals surface area contributed by atoms with Crippen LogP contribution in [-0.4, -0.2) is 36.6 Å². The van der Waals surface area contributed by atoms with Gasteiger partial charge in [-0.2, -0.15) is 5.26 Å². The molecule has 1 aliphatic heterocycles. The average Bonchev–Trinajstić information content (AvgIpc) is 2.03. The maximum atomic E-state index is 8.42. The van der Waals surface area contributed by atoms with E-state index in [4.69, 9.17) is 5.26 Å². The number of hydrogen-bond acceptors (Lipinski definition) is 3. The molecule has 3 nitrogen and oxygen atoms in total. The molecule has 74 valence electrons. The summed E-state index contributed by atoms with van der Waals surface area (Å²) in [5.41, 5.74) is 0. The van der Waals surface area contributed by atoms with E-state index in [1.165, 1.54) is 0 Å². The van der Waals surface area contributed by atoms with Crippen molar-refractivity contribution in [2.75, 3.05) is 19.6 Å². The monoisotopic (exact) mass is 181 g/mol. The second kappa shape index (κ2) is 5.21. The fraction of sp³-hybridized carbons (Fsp3) is 0.900. The van der Waals surface area contributed by atoms with Crippen LogP contribution in [0.1, 0.15) is 26.7 Å². The summed E-state index contributed by atoms with van der Waals surface area (Å²) in [6, 6.07) is 3.36. The zero-order chi connectivity index (χ0) is 9.68. The van der Waals surface area contributed by atoms with Crippen molar-refractivity contribution in [1.82, 2.24) is 10.2 Å². The Labute approximate surface area is 80.7 Å². The lowest BCUT2D eigenvalue weighted by Gasteiger charge is -2.36. The van der Waals surface area contributed by atoms with Crippen LogP contribution in [0.3, 0.4) is 0 Å². The van der Waals surface area contributed by atoms with Crippen molar-refractivity contribution in [3.63, 3.8) is 0 Å². The molecule has 1 saturated heterocycles. The second-order valence-electron chi connectivity index (χ2n) is 3.99. The zero-order valence-corrected chi connectivity index (χ0v) is 8.58. The minimum atomic E-state index is 0.589. The standard InChI is InChI=1S/C10H19N3/c1-9-7-13(6-4-3-5-11)8-10(2)12-9/h9-10,12H,3-4,6-8H2,1-2H3. The van der Waals surface area contributed by atoms with Gasteiger partial charge in [0.05, 0.1) is 6.07 Å². The third-order valence-corrected chi connectivity index (χ3v) is 2.40. The van der Waals surface area contributed by atoms with E-state index in [9.17, 15) is 0 Å². The highest BCUT2D eigenvalue weighted by molar-refractivity contribution is 4.81. The van der Waals surface area contributed by atoms with Gasteiger partial charge in [-0.1, -0.05) is 0 Å². The van der Waals surface area contributed by atoms with E-state index in [1.54, 1.807) is 0 Å². The maximum Gasteiger partial charge on any atom is 0.0622 e. The molecule has 1 rings (SSSR count). The van der Waals surface area contributed by atoms with Crippen LogP contribution in [0, 0.1) is 11.3 Å². The molecule has 3 heteroatoms. The average molecular weight is 181 g/mol. The molecule has 0 saturated carbocycles. The lowest BCUT2D eigenvalue weighted by molar-refractivity contribution is 0.172. The number of rotatable bonds is 3. The highest BCUT2D eigenvalue weighted by atomic mass is 15.2. The van der Waals surface area contributed by atoms with E-state index in [2.05, 4.69) is 30.1 Å². The summed E-state index contributed by atoms with van der Waals surface area (Å²) in [6.45, 7) is 7.75. The Bertz CT molecular complexity index is 175.